The fourth-order valence-corrected chi connectivity index (χ4v) is 5.04. The van der Waals surface area contributed by atoms with Gasteiger partial charge >= 0.3 is 0 Å². The van der Waals surface area contributed by atoms with Crippen LogP contribution in [0.5, 0.6) is 5.75 Å². The van der Waals surface area contributed by atoms with Crippen LogP contribution in [0.1, 0.15) is 55.7 Å². The van der Waals surface area contributed by atoms with Crippen molar-refractivity contribution in [2.45, 2.75) is 71.5 Å². The molecule has 0 spiro atoms. The lowest BCUT2D eigenvalue weighted by Crippen LogP contribution is -2.52. The van der Waals surface area contributed by atoms with E-state index in [0.717, 1.165) is 46.8 Å². The molecular formula is C26H31BrCl2N2O3. The molecule has 8 heteroatoms. The van der Waals surface area contributed by atoms with Gasteiger partial charge in [-0.25, -0.2) is 0 Å². The van der Waals surface area contributed by atoms with Crippen molar-refractivity contribution in [3.05, 3.63) is 61.5 Å². The maximum absolute atomic E-state index is 13.4. The van der Waals surface area contributed by atoms with Crippen molar-refractivity contribution in [1.82, 2.24) is 10.2 Å². The predicted molar refractivity (Wildman–Crippen MR) is 141 cm³/mol. The molecule has 1 N–H and O–H groups in total. The van der Waals surface area contributed by atoms with Crippen LogP contribution in [0, 0.1) is 13.8 Å². The van der Waals surface area contributed by atoms with Crippen LogP contribution in [0.15, 0.2) is 34.8 Å². The molecule has 3 rings (SSSR count). The highest BCUT2D eigenvalue weighted by atomic mass is 79.9. The first-order chi connectivity index (χ1) is 16.2. The highest BCUT2D eigenvalue weighted by Crippen LogP contribution is 2.27. The molecule has 0 bridgehead atoms. The number of ether oxygens (including phenoxy) is 1. The van der Waals surface area contributed by atoms with E-state index >= 15 is 0 Å². The van der Waals surface area contributed by atoms with Gasteiger partial charge in [0.25, 0.3) is 5.91 Å². The number of nitrogens with one attached hydrogen (secondary N) is 1. The molecule has 184 valence electrons. The molecule has 0 unspecified atom stereocenters. The van der Waals surface area contributed by atoms with Crippen LogP contribution in [-0.2, 0) is 16.1 Å². The van der Waals surface area contributed by atoms with Gasteiger partial charge in [-0.05, 0) is 74.1 Å². The van der Waals surface area contributed by atoms with Gasteiger partial charge in [0, 0.05) is 27.1 Å². The van der Waals surface area contributed by atoms with Gasteiger partial charge in [0.1, 0.15) is 11.8 Å². The Morgan fingerprint density at radius 3 is 2.38 bits per heavy atom. The van der Waals surface area contributed by atoms with Crippen LogP contribution in [0.25, 0.3) is 0 Å². The van der Waals surface area contributed by atoms with Crippen molar-refractivity contribution < 1.29 is 14.3 Å². The van der Waals surface area contributed by atoms with Crippen molar-refractivity contribution in [2.75, 3.05) is 6.61 Å². The molecule has 1 aliphatic rings. The van der Waals surface area contributed by atoms with Crippen LogP contribution >= 0.6 is 39.1 Å². The zero-order valence-electron chi connectivity index (χ0n) is 19.8. The van der Waals surface area contributed by atoms with Gasteiger partial charge in [-0.3, -0.25) is 9.59 Å². The zero-order chi connectivity index (χ0) is 24.8. The quantitative estimate of drug-likeness (QED) is 0.369. The van der Waals surface area contributed by atoms with E-state index in [1.807, 2.05) is 32.9 Å². The number of aryl methyl sites for hydroxylation is 2. The first kappa shape index (κ1) is 26.8. The molecule has 0 heterocycles. The lowest BCUT2D eigenvalue weighted by atomic mass is 10.1. The molecule has 2 aromatic rings. The Bertz CT molecular complexity index is 1020. The summed E-state index contributed by atoms with van der Waals surface area (Å²) in [6.45, 7) is 5.86. The van der Waals surface area contributed by atoms with Crippen molar-refractivity contribution in [3.63, 3.8) is 0 Å². The SMILES string of the molecule is CC[C@@H](C(=O)NC1CCCC1)N(Cc1ccc(Cl)cc1Cl)C(=O)COc1cc(C)c(Br)c(C)c1. The Morgan fingerprint density at radius 2 is 1.79 bits per heavy atom. The summed E-state index contributed by atoms with van der Waals surface area (Å²) in [4.78, 5) is 28.2. The highest BCUT2D eigenvalue weighted by Gasteiger charge is 2.31. The minimum absolute atomic E-state index is 0.136. The molecule has 0 aromatic heterocycles. The second-order valence-electron chi connectivity index (χ2n) is 8.83. The minimum atomic E-state index is -0.628. The summed E-state index contributed by atoms with van der Waals surface area (Å²) in [5.41, 5.74) is 2.77. The van der Waals surface area contributed by atoms with E-state index in [9.17, 15) is 9.59 Å². The molecule has 1 saturated carbocycles. The Hall–Kier alpha value is -1.76. The van der Waals surface area contributed by atoms with Gasteiger partial charge in [-0.15, -0.1) is 0 Å². The van der Waals surface area contributed by atoms with E-state index in [4.69, 9.17) is 27.9 Å². The Balaban J connectivity index is 1.81. The molecule has 2 aromatic carbocycles. The van der Waals surface area contributed by atoms with Crippen LogP contribution < -0.4 is 10.1 Å². The first-order valence-electron chi connectivity index (χ1n) is 11.6. The van der Waals surface area contributed by atoms with Gasteiger partial charge in [0.2, 0.25) is 5.91 Å². The highest BCUT2D eigenvalue weighted by molar-refractivity contribution is 9.10. The Labute approximate surface area is 220 Å². The third kappa shape index (κ3) is 6.89. The summed E-state index contributed by atoms with van der Waals surface area (Å²) in [5, 5.41) is 4.11. The molecule has 1 atom stereocenters. The Kier molecular flexibility index (Phi) is 9.69. The van der Waals surface area contributed by atoms with Gasteiger partial charge in [-0.1, -0.05) is 65.0 Å². The van der Waals surface area contributed by atoms with E-state index in [1.165, 1.54) is 0 Å². The van der Waals surface area contributed by atoms with Crippen molar-refractivity contribution >= 4 is 50.9 Å². The van der Waals surface area contributed by atoms with Crippen molar-refractivity contribution in [2.24, 2.45) is 0 Å². The number of carbonyl (C=O) groups is 2. The number of amides is 2. The minimum Gasteiger partial charge on any atom is -0.484 e. The average molecular weight is 570 g/mol. The number of carbonyl (C=O) groups excluding carboxylic acids is 2. The van der Waals surface area contributed by atoms with Gasteiger partial charge in [0.05, 0.1) is 0 Å². The predicted octanol–water partition coefficient (Wildman–Crippen LogP) is 6.62. The third-order valence-electron chi connectivity index (χ3n) is 6.22. The average Bonchev–Trinajstić information content (AvgIpc) is 3.30. The second kappa shape index (κ2) is 12.3. The molecule has 0 radical (unpaired) electrons. The van der Waals surface area contributed by atoms with Crippen LogP contribution in [0.3, 0.4) is 0 Å². The summed E-state index contributed by atoms with van der Waals surface area (Å²) in [6, 6.07) is 8.47. The molecule has 2 amide bonds. The fourth-order valence-electron chi connectivity index (χ4n) is 4.34. The number of hydrogen-bond donors (Lipinski definition) is 1. The monoisotopic (exact) mass is 568 g/mol. The number of halogens is 3. The molecule has 34 heavy (non-hydrogen) atoms. The van der Waals surface area contributed by atoms with Gasteiger partial charge in [0.15, 0.2) is 6.61 Å². The van der Waals surface area contributed by atoms with Crippen LogP contribution in [0.2, 0.25) is 10.0 Å². The van der Waals surface area contributed by atoms with E-state index in [0.29, 0.717) is 22.2 Å². The lowest BCUT2D eigenvalue weighted by molar-refractivity contribution is -0.143. The van der Waals surface area contributed by atoms with E-state index < -0.39 is 6.04 Å². The smallest absolute Gasteiger partial charge is 0.261 e. The topological polar surface area (TPSA) is 58.6 Å². The van der Waals surface area contributed by atoms with Crippen LogP contribution in [-0.4, -0.2) is 35.4 Å². The summed E-state index contributed by atoms with van der Waals surface area (Å²) >= 11 is 16.0. The Morgan fingerprint density at radius 1 is 1.15 bits per heavy atom. The van der Waals surface area contributed by atoms with Crippen molar-refractivity contribution in [1.29, 1.82) is 0 Å². The maximum Gasteiger partial charge on any atom is 0.261 e. The third-order valence-corrected chi connectivity index (χ3v) is 8.05. The van der Waals surface area contributed by atoms with E-state index in [2.05, 4.69) is 21.2 Å². The lowest BCUT2D eigenvalue weighted by Gasteiger charge is -2.31. The number of benzene rings is 2. The summed E-state index contributed by atoms with van der Waals surface area (Å²) < 4.78 is 6.88. The molecule has 5 nitrogen and oxygen atoms in total. The van der Waals surface area contributed by atoms with E-state index in [1.54, 1.807) is 23.1 Å². The number of hydrogen-bond acceptors (Lipinski definition) is 3. The second-order valence-corrected chi connectivity index (χ2v) is 10.5. The largest absolute Gasteiger partial charge is 0.484 e. The fraction of sp³-hybridized carbons (Fsp3) is 0.462. The molecule has 0 saturated heterocycles. The number of rotatable bonds is 9. The van der Waals surface area contributed by atoms with Crippen LogP contribution in [0.4, 0.5) is 0 Å². The summed E-state index contributed by atoms with van der Waals surface area (Å²) in [5.74, 6) is 0.195. The molecule has 1 fully saturated rings. The summed E-state index contributed by atoms with van der Waals surface area (Å²) in [7, 11) is 0. The van der Waals surface area contributed by atoms with E-state index in [-0.39, 0.29) is 31.0 Å². The van der Waals surface area contributed by atoms with Crippen molar-refractivity contribution in [3.8, 4) is 5.75 Å². The van der Waals surface area contributed by atoms with Gasteiger partial charge < -0.3 is 15.0 Å². The summed E-state index contributed by atoms with van der Waals surface area (Å²) in [6.07, 6.45) is 4.66. The normalized spacial score (nSPS) is 14.6. The van der Waals surface area contributed by atoms with Gasteiger partial charge in [-0.2, -0.15) is 0 Å². The molecule has 0 aliphatic heterocycles. The standard InChI is InChI=1S/C26H31BrCl2N2O3/c1-4-23(26(33)30-20-7-5-6-8-20)31(14-18-9-10-19(28)13-22(18)29)24(32)15-34-21-11-16(2)25(27)17(3)12-21/h9-13,20,23H,4-8,14-15H2,1-3H3,(H,30,33)/t23-/m0/s1. The zero-order valence-corrected chi connectivity index (χ0v) is 22.9. The first-order valence-corrected chi connectivity index (χ1v) is 13.2. The maximum atomic E-state index is 13.4. The molecular weight excluding hydrogens is 539 g/mol. The molecule has 1 aliphatic carbocycles. The number of nitrogens with zero attached hydrogens (tertiary/aromatic N) is 1.